The van der Waals surface area contributed by atoms with Gasteiger partial charge in [-0.1, -0.05) is 23.5 Å². The number of nitrogens with zero attached hydrogens (tertiary/aromatic N) is 4. The number of piperidine rings is 1. The first-order chi connectivity index (χ1) is 15.4. The van der Waals surface area contributed by atoms with Crippen molar-refractivity contribution in [1.29, 1.82) is 0 Å². The number of rotatable bonds is 7. The van der Waals surface area contributed by atoms with Crippen LogP contribution in [0.5, 0.6) is 0 Å². The number of aliphatic carboxylic acids is 1. The van der Waals surface area contributed by atoms with Crippen LogP contribution in [0.1, 0.15) is 32.1 Å². The fourth-order valence-corrected chi connectivity index (χ4v) is 4.46. The van der Waals surface area contributed by atoms with Gasteiger partial charge in [0.2, 0.25) is 10.9 Å². The van der Waals surface area contributed by atoms with Crippen molar-refractivity contribution in [2.75, 3.05) is 23.3 Å². The van der Waals surface area contributed by atoms with Gasteiger partial charge in [-0.2, -0.15) is 9.61 Å². The van der Waals surface area contributed by atoms with Crippen molar-refractivity contribution in [2.45, 2.75) is 38.1 Å². The van der Waals surface area contributed by atoms with Crippen LogP contribution in [-0.4, -0.2) is 50.7 Å². The molecular formula is C21H24N6O4S. The maximum Gasteiger partial charge on any atom is 0.320 e. The van der Waals surface area contributed by atoms with Crippen LogP contribution in [-0.2, 0) is 9.59 Å². The van der Waals surface area contributed by atoms with E-state index in [-0.39, 0.29) is 24.3 Å². The van der Waals surface area contributed by atoms with Crippen molar-refractivity contribution in [3.63, 3.8) is 0 Å². The number of nitrogens with two attached hydrogens (primary N) is 1. The SMILES string of the molecule is N[C@H](CCC(=O)Nc1cccc(-c2nn3c(=O)cc(N4CCCCC4)nc3s2)c1)C(=O)O. The molecule has 1 fully saturated rings. The van der Waals surface area contributed by atoms with E-state index in [1.54, 1.807) is 18.2 Å². The van der Waals surface area contributed by atoms with Gasteiger partial charge in [0, 0.05) is 36.8 Å². The molecule has 0 saturated carbocycles. The van der Waals surface area contributed by atoms with Gasteiger partial charge >= 0.3 is 5.97 Å². The Labute approximate surface area is 187 Å². The third-order valence-corrected chi connectivity index (χ3v) is 6.26. The van der Waals surface area contributed by atoms with Crippen LogP contribution in [0.25, 0.3) is 15.5 Å². The van der Waals surface area contributed by atoms with E-state index < -0.39 is 12.0 Å². The number of nitrogens with one attached hydrogen (secondary N) is 1. The summed E-state index contributed by atoms with van der Waals surface area (Å²) in [7, 11) is 0. The normalized spacial score (nSPS) is 15.0. The molecule has 0 unspecified atom stereocenters. The van der Waals surface area contributed by atoms with Crippen molar-refractivity contribution in [3.8, 4) is 10.6 Å². The maximum atomic E-state index is 12.6. The minimum absolute atomic E-state index is 0.00256. The Balaban J connectivity index is 1.53. The molecule has 11 heteroatoms. The summed E-state index contributed by atoms with van der Waals surface area (Å²) in [6, 6.07) is 7.55. The molecule has 32 heavy (non-hydrogen) atoms. The number of carboxylic acids is 1. The first-order valence-electron chi connectivity index (χ1n) is 10.5. The van der Waals surface area contributed by atoms with E-state index in [1.807, 2.05) is 6.07 Å². The molecule has 1 aromatic carbocycles. The molecule has 168 valence electrons. The number of fused-ring (bicyclic) bond motifs is 1. The summed E-state index contributed by atoms with van der Waals surface area (Å²) in [6.45, 7) is 1.79. The molecule has 4 rings (SSSR count). The molecule has 0 radical (unpaired) electrons. The van der Waals surface area contributed by atoms with Gasteiger partial charge in [-0.15, -0.1) is 0 Å². The summed E-state index contributed by atoms with van der Waals surface area (Å²) in [5.74, 6) is -0.777. The van der Waals surface area contributed by atoms with Crippen LogP contribution in [0.3, 0.4) is 0 Å². The number of anilines is 2. The van der Waals surface area contributed by atoms with Gasteiger partial charge in [0.15, 0.2) is 0 Å². The lowest BCUT2D eigenvalue weighted by Gasteiger charge is -2.27. The molecule has 1 aliphatic rings. The molecule has 1 atom stereocenters. The van der Waals surface area contributed by atoms with E-state index >= 15 is 0 Å². The van der Waals surface area contributed by atoms with E-state index in [0.29, 0.717) is 21.5 Å². The Bertz CT molecular complexity index is 1200. The third-order valence-electron chi connectivity index (χ3n) is 5.30. The molecule has 1 amide bonds. The average molecular weight is 457 g/mol. The van der Waals surface area contributed by atoms with Gasteiger partial charge < -0.3 is 21.1 Å². The molecule has 2 aromatic heterocycles. The average Bonchev–Trinajstić information content (AvgIpc) is 3.23. The fraction of sp³-hybridized carbons (Fsp3) is 0.381. The maximum absolute atomic E-state index is 12.6. The number of hydrogen-bond acceptors (Lipinski definition) is 8. The largest absolute Gasteiger partial charge is 0.480 e. The predicted molar refractivity (Wildman–Crippen MR) is 122 cm³/mol. The zero-order chi connectivity index (χ0) is 22.7. The zero-order valence-corrected chi connectivity index (χ0v) is 18.2. The number of carbonyl (C=O) groups is 2. The van der Waals surface area contributed by atoms with Gasteiger partial charge in [0.05, 0.1) is 0 Å². The summed E-state index contributed by atoms with van der Waals surface area (Å²) in [4.78, 5) is 42.8. The Morgan fingerprint density at radius 1 is 1.22 bits per heavy atom. The quantitative estimate of drug-likeness (QED) is 0.489. The summed E-state index contributed by atoms with van der Waals surface area (Å²) in [5.41, 5.74) is 6.50. The predicted octanol–water partition coefficient (Wildman–Crippen LogP) is 1.94. The Morgan fingerprint density at radius 3 is 2.75 bits per heavy atom. The van der Waals surface area contributed by atoms with Crippen LogP contribution in [0, 0.1) is 0 Å². The number of amides is 1. The topological polar surface area (TPSA) is 143 Å². The molecule has 0 aliphatic carbocycles. The monoisotopic (exact) mass is 456 g/mol. The van der Waals surface area contributed by atoms with Crippen molar-refractivity contribution in [1.82, 2.24) is 14.6 Å². The van der Waals surface area contributed by atoms with Crippen LogP contribution in [0.4, 0.5) is 11.5 Å². The van der Waals surface area contributed by atoms with Gasteiger partial charge in [-0.3, -0.25) is 14.4 Å². The number of benzene rings is 1. The van der Waals surface area contributed by atoms with Crippen LogP contribution >= 0.6 is 11.3 Å². The molecule has 3 aromatic rings. The van der Waals surface area contributed by atoms with Gasteiger partial charge in [-0.25, -0.2) is 4.98 Å². The molecule has 1 saturated heterocycles. The standard InChI is InChI=1S/C21H24N6O4S/c22-15(20(30)31)7-8-17(28)23-14-6-4-5-13(11-14)19-25-27-18(29)12-16(24-21(27)32-19)26-9-2-1-3-10-26/h4-6,11-12,15H,1-3,7-10,22H2,(H,23,28)(H,30,31)/t15-/m1/s1. The summed E-state index contributed by atoms with van der Waals surface area (Å²) >= 11 is 1.31. The lowest BCUT2D eigenvalue weighted by Crippen LogP contribution is -2.31. The Kier molecular flexibility index (Phi) is 6.47. The highest BCUT2D eigenvalue weighted by Crippen LogP contribution is 2.27. The third kappa shape index (κ3) is 4.94. The van der Waals surface area contributed by atoms with E-state index in [2.05, 4.69) is 20.3 Å². The molecule has 1 aliphatic heterocycles. The second-order valence-corrected chi connectivity index (χ2v) is 8.67. The van der Waals surface area contributed by atoms with E-state index in [1.165, 1.54) is 28.3 Å². The van der Waals surface area contributed by atoms with E-state index in [0.717, 1.165) is 31.5 Å². The summed E-state index contributed by atoms with van der Waals surface area (Å²) in [5, 5.41) is 16.6. The van der Waals surface area contributed by atoms with Crippen LogP contribution in [0.2, 0.25) is 0 Å². The van der Waals surface area contributed by atoms with Crippen LogP contribution < -0.4 is 21.5 Å². The molecule has 10 nitrogen and oxygen atoms in total. The lowest BCUT2D eigenvalue weighted by molar-refractivity contribution is -0.138. The first-order valence-corrected chi connectivity index (χ1v) is 11.3. The van der Waals surface area contributed by atoms with Gasteiger partial charge in [-0.05, 0) is 37.8 Å². The number of carboxylic acid groups (broad SMARTS) is 1. The van der Waals surface area contributed by atoms with Gasteiger partial charge in [0.1, 0.15) is 16.9 Å². The minimum Gasteiger partial charge on any atom is -0.480 e. The zero-order valence-electron chi connectivity index (χ0n) is 17.4. The van der Waals surface area contributed by atoms with Crippen molar-refractivity contribution < 1.29 is 14.7 Å². The highest BCUT2D eigenvalue weighted by Gasteiger charge is 2.17. The van der Waals surface area contributed by atoms with Crippen LogP contribution in [0.15, 0.2) is 35.1 Å². The number of hydrogen-bond donors (Lipinski definition) is 3. The fourth-order valence-electron chi connectivity index (χ4n) is 3.56. The van der Waals surface area contributed by atoms with Crippen molar-refractivity contribution in [3.05, 3.63) is 40.7 Å². The van der Waals surface area contributed by atoms with Gasteiger partial charge in [0.25, 0.3) is 5.56 Å². The molecule has 0 spiro atoms. The minimum atomic E-state index is -1.14. The molecule has 3 heterocycles. The van der Waals surface area contributed by atoms with Crippen molar-refractivity contribution in [2.24, 2.45) is 5.73 Å². The van der Waals surface area contributed by atoms with E-state index in [4.69, 9.17) is 10.8 Å². The Morgan fingerprint density at radius 2 is 2.00 bits per heavy atom. The molecule has 0 bridgehead atoms. The molecular weight excluding hydrogens is 432 g/mol. The first kappa shape index (κ1) is 21.9. The highest BCUT2D eigenvalue weighted by atomic mass is 32.1. The summed E-state index contributed by atoms with van der Waals surface area (Å²) in [6.07, 6.45) is 3.43. The second kappa shape index (κ2) is 9.45. The number of aromatic nitrogens is 3. The highest BCUT2D eigenvalue weighted by molar-refractivity contribution is 7.19. The lowest BCUT2D eigenvalue weighted by atomic mass is 10.1. The smallest absolute Gasteiger partial charge is 0.320 e. The number of carbonyl (C=O) groups excluding carboxylic acids is 1. The second-order valence-electron chi connectivity index (χ2n) is 7.71. The molecule has 4 N–H and O–H groups in total. The Hall–Kier alpha value is -3.31. The summed E-state index contributed by atoms with van der Waals surface area (Å²) < 4.78 is 1.30. The van der Waals surface area contributed by atoms with Crippen molar-refractivity contribution >= 4 is 39.7 Å². The van der Waals surface area contributed by atoms with E-state index in [9.17, 15) is 14.4 Å².